The average Bonchev–Trinajstić information content (AvgIpc) is 2.20. The zero-order valence-electron chi connectivity index (χ0n) is 8.47. The first-order valence-corrected chi connectivity index (χ1v) is 4.96. The number of benzene rings is 1. The summed E-state index contributed by atoms with van der Waals surface area (Å²) in [6.07, 6.45) is 5.61. The maximum atomic E-state index is 12.7. The number of unbranched alkanes of at least 4 members (excludes halogenated alkanes) is 1. The molecule has 0 unspecified atom stereocenters. The van der Waals surface area contributed by atoms with Crippen molar-refractivity contribution in [1.29, 1.82) is 0 Å². The molecule has 82 valence electrons. The summed E-state index contributed by atoms with van der Waals surface area (Å²) in [4.78, 5) is 0. The molecule has 1 aromatic carbocycles. The van der Waals surface area contributed by atoms with Crippen molar-refractivity contribution in [3.8, 4) is 0 Å². The third-order valence-corrected chi connectivity index (χ3v) is 1.65. The van der Waals surface area contributed by atoms with Crippen molar-refractivity contribution in [2.45, 2.75) is 19.8 Å². The molecule has 0 aliphatic heterocycles. The minimum atomic E-state index is -0.531. The van der Waals surface area contributed by atoms with Gasteiger partial charge in [0.1, 0.15) is 20.8 Å². The highest BCUT2D eigenvalue weighted by molar-refractivity contribution is 7.00. The van der Waals surface area contributed by atoms with Gasteiger partial charge in [-0.1, -0.05) is 25.5 Å². The predicted octanol–water partition coefficient (Wildman–Crippen LogP) is 4.25. The molecule has 1 nitrogen and oxygen atoms in total. The Balaban J connectivity index is 0.000000921. The van der Waals surface area contributed by atoms with E-state index in [0.29, 0.717) is 5.56 Å². The standard InChI is InChI=1S/C11H12F2.HOP/c1-2-3-4-5-9-6-10(12)8-11(13)7-9;1-2/h4-8H,2-3H2,1H3;2H. The number of halogens is 2. The van der Waals surface area contributed by atoms with Gasteiger partial charge in [0.15, 0.2) is 0 Å². The topological polar surface area (TPSA) is 17.1 Å². The summed E-state index contributed by atoms with van der Waals surface area (Å²) in [6, 6.07) is 3.50. The van der Waals surface area contributed by atoms with Crippen molar-refractivity contribution in [3.63, 3.8) is 0 Å². The van der Waals surface area contributed by atoms with Crippen molar-refractivity contribution in [1.82, 2.24) is 0 Å². The third-order valence-electron chi connectivity index (χ3n) is 1.65. The van der Waals surface area contributed by atoms with Crippen LogP contribution in [-0.2, 0) is 4.57 Å². The lowest BCUT2D eigenvalue weighted by Crippen LogP contribution is -1.81. The minimum absolute atomic E-state index is 0.531. The van der Waals surface area contributed by atoms with Crippen molar-refractivity contribution in [2.75, 3.05) is 0 Å². The Morgan fingerprint density at radius 1 is 1.20 bits per heavy atom. The van der Waals surface area contributed by atoms with Crippen LogP contribution < -0.4 is 0 Å². The van der Waals surface area contributed by atoms with E-state index in [-0.39, 0.29) is 0 Å². The van der Waals surface area contributed by atoms with E-state index in [2.05, 4.69) is 6.92 Å². The second-order valence-corrected chi connectivity index (χ2v) is 2.89. The maximum absolute atomic E-state index is 12.7. The normalized spacial score (nSPS) is 9.80. The maximum Gasteiger partial charge on any atom is 0.138 e. The Labute approximate surface area is 90.4 Å². The van der Waals surface area contributed by atoms with Crippen molar-refractivity contribution >= 4 is 15.2 Å². The van der Waals surface area contributed by atoms with Crippen LogP contribution in [0, 0.1) is 11.6 Å². The molecule has 0 aliphatic rings. The van der Waals surface area contributed by atoms with Gasteiger partial charge in [0.25, 0.3) is 0 Å². The summed E-state index contributed by atoms with van der Waals surface area (Å²) >= 11 is 0. The molecule has 0 amide bonds. The smallest absolute Gasteiger partial charge is 0.138 e. The van der Waals surface area contributed by atoms with Crippen LogP contribution in [0.1, 0.15) is 25.3 Å². The van der Waals surface area contributed by atoms with Gasteiger partial charge in [0, 0.05) is 6.07 Å². The molecule has 1 aromatic rings. The minimum Gasteiger partial charge on any atom is -0.279 e. The average molecular weight is 230 g/mol. The van der Waals surface area contributed by atoms with Crippen molar-refractivity contribution < 1.29 is 13.3 Å². The quantitative estimate of drug-likeness (QED) is 0.709. The summed E-state index contributed by atoms with van der Waals surface area (Å²) in [7, 11) is 1.72. The van der Waals surface area contributed by atoms with E-state index in [1.54, 1.807) is 15.2 Å². The van der Waals surface area contributed by atoms with Gasteiger partial charge in [-0.05, 0) is 24.1 Å². The molecule has 0 aliphatic carbocycles. The van der Waals surface area contributed by atoms with E-state index >= 15 is 0 Å². The lowest BCUT2D eigenvalue weighted by molar-refractivity contribution is 0.583. The van der Waals surface area contributed by atoms with E-state index < -0.39 is 11.6 Å². The van der Waals surface area contributed by atoms with E-state index in [1.165, 1.54) is 12.1 Å². The number of allylic oxidation sites excluding steroid dienone is 1. The molecule has 0 radical (unpaired) electrons. The summed E-state index contributed by atoms with van der Waals surface area (Å²) < 4.78 is 33.4. The molecular formula is C11H13F2OP. The molecule has 0 saturated carbocycles. The van der Waals surface area contributed by atoms with E-state index in [9.17, 15) is 8.78 Å². The molecule has 0 heterocycles. The molecule has 0 aromatic heterocycles. The largest absolute Gasteiger partial charge is 0.279 e. The second-order valence-electron chi connectivity index (χ2n) is 2.89. The van der Waals surface area contributed by atoms with Crippen LogP contribution in [-0.4, -0.2) is 0 Å². The van der Waals surface area contributed by atoms with Gasteiger partial charge >= 0.3 is 0 Å². The molecule has 0 N–H and O–H groups in total. The number of hydrogen-bond donors (Lipinski definition) is 0. The molecule has 0 fully saturated rings. The van der Waals surface area contributed by atoms with Gasteiger partial charge in [-0.2, -0.15) is 0 Å². The first-order chi connectivity index (χ1) is 7.22. The molecule has 0 atom stereocenters. The van der Waals surface area contributed by atoms with Crippen LogP contribution in [0.2, 0.25) is 0 Å². The molecule has 4 heteroatoms. The summed E-state index contributed by atoms with van der Waals surface area (Å²) in [5, 5.41) is 0. The fourth-order valence-corrected chi connectivity index (χ4v) is 1.06. The fraction of sp³-hybridized carbons (Fsp3) is 0.273. The van der Waals surface area contributed by atoms with Crippen molar-refractivity contribution in [2.24, 2.45) is 0 Å². The SMILES string of the molecule is CCCC=Cc1cc(F)cc(F)c1.O=P. The predicted molar refractivity (Wildman–Crippen MR) is 59.3 cm³/mol. The Bertz CT molecular complexity index is 306. The van der Waals surface area contributed by atoms with Crippen molar-refractivity contribution in [3.05, 3.63) is 41.5 Å². The van der Waals surface area contributed by atoms with Crippen LogP contribution in [0.25, 0.3) is 6.08 Å². The molecule has 0 spiro atoms. The second kappa shape index (κ2) is 8.25. The van der Waals surface area contributed by atoms with Crippen LogP contribution in [0.4, 0.5) is 8.78 Å². The summed E-state index contributed by atoms with van der Waals surface area (Å²) in [5.74, 6) is -1.06. The zero-order valence-corrected chi connectivity index (χ0v) is 9.47. The molecule has 0 bridgehead atoms. The molecular weight excluding hydrogens is 217 g/mol. The van der Waals surface area contributed by atoms with Gasteiger partial charge in [-0.15, -0.1) is 0 Å². The Morgan fingerprint density at radius 3 is 2.20 bits per heavy atom. The lowest BCUT2D eigenvalue weighted by atomic mass is 10.2. The van der Waals surface area contributed by atoms with Crippen LogP contribution >= 0.6 is 9.12 Å². The third kappa shape index (κ3) is 6.08. The molecule has 15 heavy (non-hydrogen) atoms. The van der Waals surface area contributed by atoms with Crippen LogP contribution in [0.3, 0.4) is 0 Å². The highest BCUT2D eigenvalue weighted by atomic mass is 31.0. The zero-order chi connectivity index (χ0) is 11.7. The van der Waals surface area contributed by atoms with Gasteiger partial charge in [0.05, 0.1) is 0 Å². The fourth-order valence-electron chi connectivity index (χ4n) is 1.06. The highest BCUT2D eigenvalue weighted by Gasteiger charge is 1.96. The highest BCUT2D eigenvalue weighted by Crippen LogP contribution is 2.09. The van der Waals surface area contributed by atoms with Gasteiger partial charge in [-0.25, -0.2) is 8.78 Å². The summed E-state index contributed by atoms with van der Waals surface area (Å²) in [5.41, 5.74) is 0.575. The van der Waals surface area contributed by atoms with E-state index in [4.69, 9.17) is 4.57 Å². The number of hydrogen-bond acceptors (Lipinski definition) is 1. The number of rotatable bonds is 3. The van der Waals surface area contributed by atoms with Crippen LogP contribution in [0.5, 0.6) is 0 Å². The van der Waals surface area contributed by atoms with Gasteiger partial charge in [0.2, 0.25) is 0 Å². The monoisotopic (exact) mass is 230 g/mol. The first kappa shape index (κ1) is 13.9. The van der Waals surface area contributed by atoms with Crippen LogP contribution in [0.15, 0.2) is 24.3 Å². The van der Waals surface area contributed by atoms with Gasteiger partial charge < -0.3 is 0 Å². The molecule has 0 saturated heterocycles. The molecule has 1 rings (SSSR count). The Hall–Kier alpha value is -1.08. The van der Waals surface area contributed by atoms with Gasteiger partial charge in [-0.3, -0.25) is 4.57 Å². The first-order valence-electron chi connectivity index (χ1n) is 4.55. The Kier molecular flexibility index (Phi) is 7.65. The lowest BCUT2D eigenvalue weighted by Gasteiger charge is -1.94. The Morgan fingerprint density at radius 2 is 1.73 bits per heavy atom. The van der Waals surface area contributed by atoms with E-state index in [0.717, 1.165) is 18.9 Å². The summed E-state index contributed by atoms with van der Waals surface area (Å²) in [6.45, 7) is 2.05. The van der Waals surface area contributed by atoms with E-state index in [1.807, 2.05) is 6.08 Å².